The van der Waals surface area contributed by atoms with Crippen molar-refractivity contribution < 1.29 is 13.3 Å². The van der Waals surface area contributed by atoms with Gasteiger partial charge in [-0.05, 0) is 13.0 Å². The minimum absolute atomic E-state index is 0.0317. The lowest BCUT2D eigenvalue weighted by Crippen LogP contribution is -1.96. The fraction of sp³-hybridized carbons (Fsp3) is 0.182. The van der Waals surface area contributed by atoms with Crippen molar-refractivity contribution in [3.8, 4) is 11.3 Å². The van der Waals surface area contributed by atoms with Gasteiger partial charge in [0, 0.05) is 17.2 Å². The lowest BCUT2D eigenvalue weighted by atomic mass is 10.0. The summed E-state index contributed by atoms with van der Waals surface area (Å²) >= 11 is 0. The SMILES string of the molecule is CC(F)c1c(F)cccc1-c1cc(N)on1. The molecule has 0 fully saturated rings. The standard InChI is InChI=1S/C11H10F2N2O/c1-6(12)11-7(3-2-4-8(11)13)9-5-10(14)16-15-9/h2-6H,14H2,1H3. The Bertz CT molecular complexity index is 508. The first-order chi connectivity index (χ1) is 7.59. The fourth-order valence-corrected chi connectivity index (χ4v) is 1.58. The van der Waals surface area contributed by atoms with E-state index in [2.05, 4.69) is 9.68 Å². The van der Waals surface area contributed by atoms with E-state index in [0.29, 0.717) is 11.3 Å². The molecule has 1 heterocycles. The maximum absolute atomic E-state index is 13.5. The number of nitrogens with two attached hydrogens (primary N) is 1. The Morgan fingerprint density at radius 1 is 1.44 bits per heavy atom. The van der Waals surface area contributed by atoms with Crippen LogP contribution in [0.25, 0.3) is 11.3 Å². The minimum Gasteiger partial charge on any atom is -0.368 e. The van der Waals surface area contributed by atoms with E-state index < -0.39 is 12.0 Å². The molecular weight excluding hydrogens is 214 g/mol. The molecule has 3 nitrogen and oxygen atoms in total. The highest BCUT2D eigenvalue weighted by Crippen LogP contribution is 2.32. The zero-order valence-corrected chi connectivity index (χ0v) is 8.58. The molecule has 1 aromatic carbocycles. The van der Waals surface area contributed by atoms with Crippen LogP contribution in [0.4, 0.5) is 14.7 Å². The molecule has 0 aliphatic heterocycles. The number of hydrogen-bond acceptors (Lipinski definition) is 3. The maximum Gasteiger partial charge on any atom is 0.222 e. The highest BCUT2D eigenvalue weighted by molar-refractivity contribution is 5.65. The molecule has 0 bridgehead atoms. The molecule has 0 amide bonds. The molecule has 16 heavy (non-hydrogen) atoms. The summed E-state index contributed by atoms with van der Waals surface area (Å²) in [5.74, 6) is -0.495. The summed E-state index contributed by atoms with van der Waals surface area (Å²) in [6, 6.07) is 5.70. The van der Waals surface area contributed by atoms with Gasteiger partial charge < -0.3 is 10.3 Å². The molecule has 1 atom stereocenters. The zero-order chi connectivity index (χ0) is 11.7. The Kier molecular flexibility index (Phi) is 2.60. The molecule has 0 spiro atoms. The molecule has 2 N–H and O–H groups in total. The molecule has 2 rings (SSSR count). The second kappa shape index (κ2) is 3.92. The topological polar surface area (TPSA) is 52.0 Å². The van der Waals surface area contributed by atoms with E-state index in [1.54, 1.807) is 6.07 Å². The normalized spacial score (nSPS) is 12.7. The highest BCUT2D eigenvalue weighted by atomic mass is 19.1. The number of hydrogen-bond donors (Lipinski definition) is 1. The summed E-state index contributed by atoms with van der Waals surface area (Å²) in [7, 11) is 0. The van der Waals surface area contributed by atoms with Crippen molar-refractivity contribution in [1.29, 1.82) is 0 Å². The van der Waals surface area contributed by atoms with Gasteiger partial charge in [-0.3, -0.25) is 0 Å². The van der Waals surface area contributed by atoms with Gasteiger partial charge in [-0.2, -0.15) is 0 Å². The predicted octanol–water partition coefficient (Wildman–Crippen LogP) is 3.09. The van der Waals surface area contributed by atoms with Crippen molar-refractivity contribution in [3.05, 3.63) is 35.6 Å². The van der Waals surface area contributed by atoms with Crippen molar-refractivity contribution in [2.45, 2.75) is 13.1 Å². The van der Waals surface area contributed by atoms with Crippen LogP contribution in [-0.4, -0.2) is 5.16 Å². The number of rotatable bonds is 2. The number of benzene rings is 1. The van der Waals surface area contributed by atoms with Crippen molar-refractivity contribution in [1.82, 2.24) is 5.16 Å². The van der Waals surface area contributed by atoms with Gasteiger partial charge >= 0.3 is 0 Å². The first-order valence-electron chi connectivity index (χ1n) is 4.74. The number of aromatic nitrogens is 1. The third-order valence-electron chi connectivity index (χ3n) is 2.26. The fourth-order valence-electron chi connectivity index (χ4n) is 1.58. The number of nitrogen functional groups attached to an aromatic ring is 1. The second-order valence-corrected chi connectivity index (χ2v) is 3.43. The zero-order valence-electron chi connectivity index (χ0n) is 8.58. The van der Waals surface area contributed by atoms with Gasteiger partial charge in [0.2, 0.25) is 5.88 Å². The second-order valence-electron chi connectivity index (χ2n) is 3.43. The van der Waals surface area contributed by atoms with Crippen LogP contribution in [0.3, 0.4) is 0 Å². The van der Waals surface area contributed by atoms with Gasteiger partial charge in [-0.1, -0.05) is 17.3 Å². The van der Waals surface area contributed by atoms with E-state index in [9.17, 15) is 8.78 Å². The minimum atomic E-state index is -1.42. The van der Waals surface area contributed by atoms with Crippen LogP contribution in [0.1, 0.15) is 18.7 Å². The highest BCUT2D eigenvalue weighted by Gasteiger charge is 2.18. The van der Waals surface area contributed by atoms with Crippen molar-refractivity contribution >= 4 is 5.88 Å². The van der Waals surface area contributed by atoms with Gasteiger partial charge in [0.1, 0.15) is 17.7 Å². The van der Waals surface area contributed by atoms with Crippen LogP contribution in [0.2, 0.25) is 0 Å². The van der Waals surface area contributed by atoms with Crippen LogP contribution < -0.4 is 5.73 Å². The molecule has 5 heteroatoms. The van der Waals surface area contributed by atoms with Gasteiger partial charge in [0.15, 0.2) is 0 Å². The number of anilines is 1. The van der Waals surface area contributed by atoms with E-state index in [0.717, 1.165) is 0 Å². The first-order valence-corrected chi connectivity index (χ1v) is 4.74. The first kappa shape index (κ1) is 10.6. The maximum atomic E-state index is 13.5. The third kappa shape index (κ3) is 1.76. The summed E-state index contributed by atoms with van der Waals surface area (Å²) < 4.78 is 31.5. The van der Waals surface area contributed by atoms with Crippen LogP contribution in [0.5, 0.6) is 0 Å². The van der Waals surface area contributed by atoms with Gasteiger partial charge in [0.05, 0.1) is 0 Å². The van der Waals surface area contributed by atoms with E-state index in [1.807, 2.05) is 0 Å². The average Bonchev–Trinajstić information content (AvgIpc) is 2.63. The Balaban J connectivity index is 2.60. The molecule has 1 unspecified atom stereocenters. The Labute approximate surface area is 90.9 Å². The van der Waals surface area contributed by atoms with Gasteiger partial charge in [-0.15, -0.1) is 0 Å². The van der Waals surface area contributed by atoms with E-state index >= 15 is 0 Å². The van der Waals surface area contributed by atoms with Crippen molar-refractivity contribution in [3.63, 3.8) is 0 Å². The third-order valence-corrected chi connectivity index (χ3v) is 2.26. The number of halogens is 2. The molecule has 0 saturated carbocycles. The lowest BCUT2D eigenvalue weighted by molar-refractivity contribution is 0.362. The largest absolute Gasteiger partial charge is 0.368 e. The molecular formula is C11H10F2N2O. The summed E-state index contributed by atoms with van der Waals surface area (Å²) in [4.78, 5) is 0. The number of alkyl halides is 1. The summed E-state index contributed by atoms with van der Waals surface area (Å²) in [6.07, 6.45) is -1.42. The predicted molar refractivity (Wildman–Crippen MR) is 55.8 cm³/mol. The van der Waals surface area contributed by atoms with Crippen LogP contribution in [-0.2, 0) is 0 Å². The smallest absolute Gasteiger partial charge is 0.222 e. The van der Waals surface area contributed by atoms with Gasteiger partial charge in [-0.25, -0.2) is 8.78 Å². The Hall–Kier alpha value is -1.91. The van der Waals surface area contributed by atoms with Crippen LogP contribution in [0, 0.1) is 5.82 Å². The van der Waals surface area contributed by atoms with Crippen LogP contribution >= 0.6 is 0 Å². The summed E-state index contributed by atoms with van der Waals surface area (Å²) in [5, 5.41) is 3.64. The molecule has 84 valence electrons. The summed E-state index contributed by atoms with van der Waals surface area (Å²) in [6.45, 7) is 1.27. The van der Waals surface area contributed by atoms with Crippen molar-refractivity contribution in [2.75, 3.05) is 5.73 Å². The molecule has 0 aliphatic rings. The Morgan fingerprint density at radius 2 is 2.19 bits per heavy atom. The van der Waals surface area contributed by atoms with E-state index in [-0.39, 0.29) is 11.4 Å². The monoisotopic (exact) mass is 224 g/mol. The summed E-state index contributed by atoms with van der Waals surface area (Å²) in [5.41, 5.74) is 6.02. The average molecular weight is 224 g/mol. The van der Waals surface area contributed by atoms with Crippen LogP contribution in [0.15, 0.2) is 28.8 Å². The molecule has 1 aromatic heterocycles. The van der Waals surface area contributed by atoms with Gasteiger partial charge in [0.25, 0.3) is 0 Å². The molecule has 0 radical (unpaired) electrons. The van der Waals surface area contributed by atoms with Crippen molar-refractivity contribution in [2.24, 2.45) is 0 Å². The molecule has 0 aliphatic carbocycles. The molecule has 2 aromatic rings. The lowest BCUT2D eigenvalue weighted by Gasteiger charge is -2.08. The van der Waals surface area contributed by atoms with E-state index in [1.165, 1.54) is 25.1 Å². The Morgan fingerprint density at radius 3 is 2.75 bits per heavy atom. The van der Waals surface area contributed by atoms with E-state index in [4.69, 9.17) is 5.73 Å². The quantitative estimate of drug-likeness (QED) is 0.852. The number of nitrogens with zero attached hydrogens (tertiary/aromatic N) is 1. The molecule has 0 saturated heterocycles.